The maximum absolute atomic E-state index is 12.0. The molecule has 0 radical (unpaired) electrons. The highest BCUT2D eigenvalue weighted by Gasteiger charge is 2.42. The molecule has 0 aromatic rings. The van der Waals surface area contributed by atoms with Gasteiger partial charge in [-0.05, 0) is 44.3 Å². The molecule has 4 N–H and O–H groups in total. The van der Waals surface area contributed by atoms with Gasteiger partial charge >= 0.3 is 12.0 Å². The number of fused-ring (bicyclic) bond motifs is 1. The lowest BCUT2D eigenvalue weighted by Crippen LogP contribution is -2.36. The molecule has 3 amide bonds. The number of carbonyl (C=O) groups is 3. The van der Waals surface area contributed by atoms with Crippen LogP contribution in [0, 0.1) is 0 Å². The molecule has 2 aliphatic heterocycles. The molecule has 0 unspecified atom stereocenters. The highest BCUT2D eigenvalue weighted by atomic mass is 32.2. The Morgan fingerprint density at radius 2 is 1.58 bits per heavy atom. The maximum Gasteiger partial charge on any atom is 0.337 e. The molecule has 43 heavy (non-hydrogen) atoms. The summed E-state index contributed by atoms with van der Waals surface area (Å²) >= 11 is 1.91. The van der Waals surface area contributed by atoms with Crippen molar-refractivity contribution in [3.63, 3.8) is 0 Å². The highest BCUT2D eigenvalue weighted by molar-refractivity contribution is 8.00. The number of methoxy groups -OCH3 is 1. The molecule has 242 valence electrons. The second kappa shape index (κ2) is 21.8. The van der Waals surface area contributed by atoms with Gasteiger partial charge in [0, 0.05) is 49.4 Å². The number of thioether (sulfide) groups is 1. The van der Waals surface area contributed by atoms with Crippen LogP contribution in [0.3, 0.4) is 0 Å². The van der Waals surface area contributed by atoms with Gasteiger partial charge in [-0.25, -0.2) is 9.59 Å². The Labute approximate surface area is 260 Å². The molecule has 0 aliphatic carbocycles. The predicted molar refractivity (Wildman–Crippen MR) is 170 cm³/mol. The topological polar surface area (TPSA) is 136 Å². The van der Waals surface area contributed by atoms with Crippen LogP contribution in [0.5, 0.6) is 0 Å². The van der Waals surface area contributed by atoms with E-state index in [1.165, 1.54) is 7.11 Å². The molecule has 12 heteroatoms. The van der Waals surface area contributed by atoms with Crippen molar-refractivity contribution in [2.45, 2.75) is 62.8 Å². The van der Waals surface area contributed by atoms with Crippen molar-refractivity contribution in [3.05, 3.63) is 48.2 Å². The van der Waals surface area contributed by atoms with Crippen molar-refractivity contribution >= 4 is 29.7 Å². The van der Waals surface area contributed by atoms with E-state index in [4.69, 9.17) is 14.2 Å². The van der Waals surface area contributed by atoms with E-state index >= 15 is 0 Å². The van der Waals surface area contributed by atoms with Gasteiger partial charge in [-0.1, -0.05) is 31.7 Å². The minimum absolute atomic E-state index is 0.0568. The van der Waals surface area contributed by atoms with Crippen LogP contribution in [-0.2, 0) is 28.5 Å². The van der Waals surface area contributed by atoms with Crippen molar-refractivity contribution in [3.8, 4) is 0 Å². The Kier molecular flexibility index (Phi) is 18.5. The third kappa shape index (κ3) is 15.0. The number of ether oxygens (including phenoxy) is 4. The quantitative estimate of drug-likeness (QED) is 0.0421. The van der Waals surface area contributed by atoms with Gasteiger partial charge in [-0.3, -0.25) is 4.79 Å². The lowest BCUT2D eigenvalue weighted by Gasteiger charge is -2.16. The molecule has 2 saturated heterocycles. The van der Waals surface area contributed by atoms with Crippen LogP contribution in [-0.4, -0.2) is 101 Å². The van der Waals surface area contributed by atoms with E-state index in [1.807, 2.05) is 24.8 Å². The van der Waals surface area contributed by atoms with Crippen LogP contribution >= 0.6 is 11.8 Å². The van der Waals surface area contributed by atoms with E-state index in [0.29, 0.717) is 64.4 Å². The summed E-state index contributed by atoms with van der Waals surface area (Å²) in [6.07, 6.45) is 10.3. The normalized spacial score (nSPS) is 19.5. The minimum atomic E-state index is -0.465. The van der Waals surface area contributed by atoms with Gasteiger partial charge < -0.3 is 40.2 Å². The lowest BCUT2D eigenvalue weighted by molar-refractivity contribution is -0.135. The number of urea groups is 1. The van der Waals surface area contributed by atoms with Gasteiger partial charge in [0.15, 0.2) is 0 Å². The van der Waals surface area contributed by atoms with Crippen LogP contribution in [0.2, 0.25) is 0 Å². The Morgan fingerprint density at radius 3 is 2.23 bits per heavy atom. The number of esters is 1. The molecule has 11 nitrogen and oxygen atoms in total. The van der Waals surface area contributed by atoms with Gasteiger partial charge in [-0.15, -0.1) is 0 Å². The third-order valence-corrected chi connectivity index (χ3v) is 8.50. The molecule has 0 spiro atoms. The zero-order valence-corrected chi connectivity index (χ0v) is 26.6. The first-order valence-electron chi connectivity index (χ1n) is 15.1. The number of unbranched alkanes of at least 4 members (excludes halogenated alkanes) is 1. The van der Waals surface area contributed by atoms with Crippen molar-refractivity contribution in [1.82, 2.24) is 21.3 Å². The average molecular weight is 623 g/mol. The van der Waals surface area contributed by atoms with Gasteiger partial charge in [0.05, 0.1) is 51.2 Å². The summed E-state index contributed by atoms with van der Waals surface area (Å²) in [5.74, 6) is 0.579. The number of nitrogens with one attached hydrogen (secondary N) is 4. The standard InChI is InChI=1S/C31H50N4O7S/c1-5-25(13-12-23(2)30(37)39-4)24(3)32-14-8-16-40-18-20-42-21-19-41-17-9-15-33-28(36)11-7-6-10-27-29-26(22-43-27)34-31(38)35-29/h5,12-13,26-27,29,32H,2-3,6-11,14-22H2,1,4H3,(H,33,36)(H2,34,35,38)/b13-12-,25-5+/t26-,27-,29-/m0/s1. The first-order chi connectivity index (χ1) is 20.8. The molecule has 3 atom stereocenters. The van der Waals surface area contributed by atoms with E-state index < -0.39 is 5.97 Å². The number of allylic oxidation sites excluding steroid dienone is 2. The SMILES string of the molecule is C=C(/C=C\C(=C/C)C(=C)NCCCOCCOCCOCCCNC(=O)CCCC[C@@H]1SC[C@@H]2NC(=O)N[C@@H]21)C(=O)OC. The Hall–Kier alpha value is -2.80. The molecular formula is C31H50N4O7S. The van der Waals surface area contributed by atoms with E-state index in [0.717, 1.165) is 49.1 Å². The van der Waals surface area contributed by atoms with Crippen LogP contribution in [0.25, 0.3) is 0 Å². The number of hydrogen-bond acceptors (Lipinski definition) is 9. The molecule has 2 rings (SSSR count). The van der Waals surface area contributed by atoms with E-state index in [1.54, 1.807) is 12.2 Å². The molecule has 0 saturated carbocycles. The fourth-order valence-electron chi connectivity index (χ4n) is 4.58. The molecule has 2 fully saturated rings. The smallest absolute Gasteiger partial charge is 0.337 e. The van der Waals surface area contributed by atoms with E-state index in [2.05, 4.69) is 39.2 Å². The Balaban J connectivity index is 1.32. The number of rotatable bonds is 24. The zero-order valence-electron chi connectivity index (χ0n) is 25.8. The molecule has 0 bridgehead atoms. The second-order valence-electron chi connectivity index (χ2n) is 10.3. The van der Waals surface area contributed by atoms with Gasteiger partial charge in [0.1, 0.15) is 0 Å². The fraction of sp³-hybridized carbons (Fsp3) is 0.645. The Bertz CT molecular complexity index is 972. The maximum atomic E-state index is 12.0. The highest BCUT2D eigenvalue weighted by Crippen LogP contribution is 2.33. The van der Waals surface area contributed by atoms with Crippen molar-refractivity contribution < 1.29 is 33.3 Å². The summed E-state index contributed by atoms with van der Waals surface area (Å²) < 4.78 is 21.3. The number of carbonyl (C=O) groups excluding carboxylic acids is 3. The molecule has 0 aromatic carbocycles. The van der Waals surface area contributed by atoms with Crippen molar-refractivity contribution in [2.24, 2.45) is 0 Å². The summed E-state index contributed by atoms with van der Waals surface area (Å²) in [6, 6.07) is 0.423. The number of hydrogen-bond donors (Lipinski definition) is 4. The van der Waals surface area contributed by atoms with Crippen LogP contribution in [0.1, 0.15) is 45.4 Å². The lowest BCUT2D eigenvalue weighted by atomic mass is 10.0. The average Bonchev–Trinajstić information content (AvgIpc) is 3.55. The van der Waals surface area contributed by atoms with Gasteiger partial charge in [-0.2, -0.15) is 11.8 Å². The minimum Gasteiger partial charge on any atom is -0.465 e. The summed E-state index contributed by atoms with van der Waals surface area (Å²) in [4.78, 5) is 34.9. The van der Waals surface area contributed by atoms with Crippen molar-refractivity contribution in [2.75, 3.05) is 65.6 Å². The summed E-state index contributed by atoms with van der Waals surface area (Å²) in [7, 11) is 1.32. The molecule has 2 heterocycles. The van der Waals surface area contributed by atoms with Gasteiger partial charge in [0.25, 0.3) is 0 Å². The monoisotopic (exact) mass is 622 g/mol. The van der Waals surface area contributed by atoms with Gasteiger partial charge in [0.2, 0.25) is 5.91 Å². The predicted octanol–water partition coefficient (Wildman–Crippen LogP) is 2.99. The third-order valence-electron chi connectivity index (χ3n) is 6.99. The molecular weight excluding hydrogens is 572 g/mol. The first kappa shape index (κ1) is 36.4. The van der Waals surface area contributed by atoms with Crippen molar-refractivity contribution in [1.29, 1.82) is 0 Å². The largest absolute Gasteiger partial charge is 0.465 e. The molecule has 0 aromatic heterocycles. The second-order valence-corrected chi connectivity index (χ2v) is 11.5. The summed E-state index contributed by atoms with van der Waals surface area (Å²) in [6.45, 7) is 14.1. The Morgan fingerprint density at radius 1 is 0.930 bits per heavy atom. The van der Waals surface area contributed by atoms with Crippen LogP contribution in [0.4, 0.5) is 4.79 Å². The first-order valence-corrected chi connectivity index (χ1v) is 16.1. The van der Waals surface area contributed by atoms with Crippen LogP contribution < -0.4 is 21.3 Å². The zero-order chi connectivity index (χ0) is 31.3. The molecule has 2 aliphatic rings. The summed E-state index contributed by atoms with van der Waals surface area (Å²) in [5, 5.41) is 12.6. The van der Waals surface area contributed by atoms with Crippen LogP contribution in [0.15, 0.2) is 48.2 Å². The fourth-order valence-corrected chi connectivity index (χ4v) is 6.13. The summed E-state index contributed by atoms with van der Waals surface area (Å²) in [5.41, 5.74) is 1.89. The van der Waals surface area contributed by atoms with E-state index in [9.17, 15) is 14.4 Å². The number of amides is 3. The van der Waals surface area contributed by atoms with E-state index in [-0.39, 0.29) is 29.6 Å².